The van der Waals surface area contributed by atoms with Crippen LogP contribution in [0.15, 0.2) is 0 Å². The van der Waals surface area contributed by atoms with Crippen LogP contribution in [0.25, 0.3) is 0 Å². The average Bonchev–Trinajstić information content (AvgIpc) is 2.34. The Balaban J connectivity index is 2.95. The van der Waals surface area contributed by atoms with Crippen molar-refractivity contribution in [3.8, 4) is 0 Å². The summed E-state index contributed by atoms with van der Waals surface area (Å²) in [6.07, 6.45) is 2.98. The van der Waals surface area contributed by atoms with Crippen molar-refractivity contribution < 1.29 is 0 Å². The van der Waals surface area contributed by atoms with Crippen LogP contribution in [0.1, 0.15) is 45.0 Å². The molecule has 0 amide bonds. The highest BCUT2D eigenvalue weighted by Gasteiger charge is 2.16. The van der Waals surface area contributed by atoms with Crippen molar-refractivity contribution in [3.05, 3.63) is 16.5 Å². The van der Waals surface area contributed by atoms with Gasteiger partial charge in [-0.2, -0.15) is 0 Å². The van der Waals surface area contributed by atoms with Crippen LogP contribution in [-0.2, 0) is 6.42 Å². The molecule has 0 fully saturated rings. The predicted octanol–water partition coefficient (Wildman–Crippen LogP) is 3.78. The zero-order valence-electron chi connectivity index (χ0n) is 14.2. The van der Waals surface area contributed by atoms with Gasteiger partial charge in [-0.25, -0.2) is 9.97 Å². The largest absolute Gasteiger partial charge is 0.366 e. The normalized spacial score (nSPS) is 13.0. The second kappa shape index (κ2) is 8.54. The van der Waals surface area contributed by atoms with Gasteiger partial charge < -0.3 is 10.2 Å². The van der Waals surface area contributed by atoms with E-state index >= 15 is 0 Å². The molecule has 1 heterocycles. The van der Waals surface area contributed by atoms with Gasteiger partial charge >= 0.3 is 0 Å². The summed E-state index contributed by atoms with van der Waals surface area (Å²) in [6, 6.07) is 0.360. The van der Waals surface area contributed by atoms with Crippen LogP contribution in [-0.4, -0.2) is 41.5 Å². The minimum Gasteiger partial charge on any atom is -0.366 e. The summed E-state index contributed by atoms with van der Waals surface area (Å²) in [7, 11) is 4.19. The summed E-state index contributed by atoms with van der Waals surface area (Å²) < 4.78 is 0. The first-order valence-corrected chi connectivity index (χ1v) is 8.15. The van der Waals surface area contributed by atoms with E-state index in [9.17, 15) is 0 Å². The van der Waals surface area contributed by atoms with Crippen molar-refractivity contribution in [1.29, 1.82) is 0 Å². The molecule has 0 bridgehead atoms. The van der Waals surface area contributed by atoms with Gasteiger partial charge in [0.25, 0.3) is 0 Å². The van der Waals surface area contributed by atoms with Gasteiger partial charge in [0.2, 0.25) is 0 Å². The third-order valence-corrected chi connectivity index (χ3v) is 3.66. The number of nitrogens with one attached hydrogen (secondary N) is 1. The van der Waals surface area contributed by atoms with Gasteiger partial charge in [-0.3, -0.25) is 0 Å². The van der Waals surface area contributed by atoms with Crippen LogP contribution in [0.5, 0.6) is 0 Å². The molecule has 0 saturated heterocycles. The molecular weight excluding hydrogens is 284 g/mol. The molecule has 1 aromatic rings. The van der Waals surface area contributed by atoms with Gasteiger partial charge in [0.1, 0.15) is 16.8 Å². The zero-order chi connectivity index (χ0) is 16.0. The lowest BCUT2D eigenvalue weighted by Crippen LogP contribution is -2.34. The summed E-state index contributed by atoms with van der Waals surface area (Å²) in [4.78, 5) is 11.2. The number of nitrogens with zero attached hydrogens (tertiary/aromatic N) is 3. The summed E-state index contributed by atoms with van der Waals surface area (Å²) in [5, 5.41) is 4.13. The molecule has 0 aliphatic rings. The van der Waals surface area contributed by atoms with Crippen LogP contribution >= 0.6 is 11.6 Å². The van der Waals surface area contributed by atoms with Gasteiger partial charge in [0, 0.05) is 24.6 Å². The maximum Gasteiger partial charge on any atom is 0.137 e. The third-order valence-electron chi connectivity index (χ3n) is 3.29. The molecule has 0 saturated carbocycles. The highest BCUT2D eigenvalue weighted by atomic mass is 35.5. The van der Waals surface area contributed by atoms with Gasteiger partial charge in [-0.05, 0) is 39.8 Å². The van der Waals surface area contributed by atoms with Gasteiger partial charge in [-0.15, -0.1) is 0 Å². The molecule has 5 heteroatoms. The van der Waals surface area contributed by atoms with Crippen molar-refractivity contribution >= 4 is 17.4 Å². The molecule has 1 unspecified atom stereocenters. The zero-order valence-corrected chi connectivity index (χ0v) is 15.0. The topological polar surface area (TPSA) is 41.1 Å². The van der Waals surface area contributed by atoms with E-state index in [0.717, 1.165) is 43.0 Å². The summed E-state index contributed by atoms with van der Waals surface area (Å²) in [6.45, 7) is 9.56. The highest BCUT2D eigenvalue weighted by molar-refractivity contribution is 6.30. The van der Waals surface area contributed by atoms with Crippen molar-refractivity contribution in [2.45, 2.75) is 53.0 Å². The van der Waals surface area contributed by atoms with Crippen LogP contribution in [0.2, 0.25) is 5.15 Å². The van der Waals surface area contributed by atoms with Crippen LogP contribution in [0, 0.1) is 12.8 Å². The molecule has 21 heavy (non-hydrogen) atoms. The molecule has 0 aliphatic carbocycles. The standard InChI is InChI=1S/C16H29ClN4/c1-7-8-14-19-15(17)12(4)16(20-14)18-13(9-11(2)3)10-21(5)6/h11,13H,7-10H2,1-6H3,(H,18,19,20). The minimum absolute atomic E-state index is 0.360. The molecule has 0 radical (unpaired) electrons. The number of hydrogen-bond acceptors (Lipinski definition) is 4. The Morgan fingerprint density at radius 1 is 1.24 bits per heavy atom. The first-order valence-electron chi connectivity index (χ1n) is 7.77. The Bertz CT molecular complexity index is 436. The SMILES string of the molecule is CCCc1nc(Cl)c(C)c(NC(CC(C)C)CN(C)C)n1. The molecule has 0 aromatic carbocycles. The Morgan fingerprint density at radius 3 is 2.43 bits per heavy atom. The van der Waals surface area contributed by atoms with E-state index in [-0.39, 0.29) is 0 Å². The number of aromatic nitrogens is 2. The maximum absolute atomic E-state index is 6.25. The first-order chi connectivity index (χ1) is 9.83. The quantitative estimate of drug-likeness (QED) is 0.742. The van der Waals surface area contributed by atoms with Crippen molar-refractivity contribution in [2.24, 2.45) is 5.92 Å². The number of anilines is 1. The monoisotopic (exact) mass is 312 g/mol. The fourth-order valence-corrected chi connectivity index (χ4v) is 2.58. The summed E-state index contributed by atoms with van der Waals surface area (Å²) >= 11 is 6.25. The Morgan fingerprint density at radius 2 is 1.90 bits per heavy atom. The first kappa shape index (κ1) is 18.2. The predicted molar refractivity (Wildman–Crippen MR) is 91.2 cm³/mol. The summed E-state index contributed by atoms with van der Waals surface area (Å²) in [5.74, 6) is 2.34. The average molecular weight is 313 g/mol. The number of halogens is 1. The second-order valence-electron chi connectivity index (χ2n) is 6.39. The van der Waals surface area contributed by atoms with Crippen LogP contribution < -0.4 is 5.32 Å². The van der Waals surface area contributed by atoms with Gasteiger partial charge in [-0.1, -0.05) is 32.4 Å². The molecular formula is C16H29ClN4. The molecule has 1 atom stereocenters. The van der Waals surface area contributed by atoms with E-state index in [1.165, 1.54) is 0 Å². The van der Waals surface area contributed by atoms with E-state index in [4.69, 9.17) is 11.6 Å². The Hall–Kier alpha value is -0.870. The molecule has 120 valence electrons. The smallest absolute Gasteiger partial charge is 0.137 e. The fourth-order valence-electron chi connectivity index (χ4n) is 2.39. The fraction of sp³-hybridized carbons (Fsp3) is 0.750. The van der Waals surface area contributed by atoms with E-state index < -0.39 is 0 Å². The van der Waals surface area contributed by atoms with Crippen molar-refractivity contribution in [2.75, 3.05) is 26.0 Å². The molecule has 1 rings (SSSR count). The lowest BCUT2D eigenvalue weighted by molar-refractivity contribution is 0.356. The van der Waals surface area contributed by atoms with E-state index in [1.807, 2.05) is 6.92 Å². The Kier molecular flexibility index (Phi) is 7.40. The van der Waals surface area contributed by atoms with Crippen LogP contribution in [0.4, 0.5) is 5.82 Å². The maximum atomic E-state index is 6.25. The number of aryl methyl sites for hydroxylation is 1. The lowest BCUT2D eigenvalue weighted by Gasteiger charge is -2.25. The number of likely N-dealkylation sites (N-methyl/N-ethyl adjacent to an activating group) is 1. The highest BCUT2D eigenvalue weighted by Crippen LogP contribution is 2.22. The van der Waals surface area contributed by atoms with E-state index in [2.05, 4.69) is 55.1 Å². The van der Waals surface area contributed by atoms with Gasteiger partial charge in [0.05, 0.1) is 0 Å². The second-order valence-corrected chi connectivity index (χ2v) is 6.75. The number of rotatable bonds is 8. The minimum atomic E-state index is 0.360. The van der Waals surface area contributed by atoms with E-state index in [1.54, 1.807) is 0 Å². The van der Waals surface area contributed by atoms with Gasteiger partial charge in [0.15, 0.2) is 0 Å². The molecule has 4 nitrogen and oxygen atoms in total. The van der Waals surface area contributed by atoms with Crippen LogP contribution in [0.3, 0.4) is 0 Å². The third kappa shape index (κ3) is 6.18. The lowest BCUT2D eigenvalue weighted by atomic mass is 10.0. The van der Waals surface area contributed by atoms with E-state index in [0.29, 0.717) is 17.1 Å². The van der Waals surface area contributed by atoms with Crippen molar-refractivity contribution in [3.63, 3.8) is 0 Å². The Labute approximate surface area is 134 Å². The summed E-state index contributed by atoms with van der Waals surface area (Å²) in [5.41, 5.74) is 0.934. The molecule has 0 spiro atoms. The molecule has 0 aliphatic heterocycles. The molecule has 1 N–H and O–H groups in total. The molecule has 1 aromatic heterocycles. The number of hydrogen-bond donors (Lipinski definition) is 1. The van der Waals surface area contributed by atoms with Crippen molar-refractivity contribution in [1.82, 2.24) is 14.9 Å².